The quantitative estimate of drug-likeness (QED) is 0.502. The third-order valence-electron chi connectivity index (χ3n) is 1.33. The Hall–Kier alpha value is -0.380. The topological polar surface area (TPSA) is 61.8 Å². The molecule has 1 atom stereocenters. The third kappa shape index (κ3) is 6.66. The molecule has 0 heterocycles. The lowest BCUT2D eigenvalue weighted by Gasteiger charge is -2.19. The number of esters is 1. The van der Waals surface area contributed by atoms with Gasteiger partial charge in [-0.2, -0.15) is 0 Å². The van der Waals surface area contributed by atoms with Crippen LogP contribution in [0.15, 0.2) is 0 Å². The van der Waals surface area contributed by atoms with Gasteiger partial charge in [0, 0.05) is 0 Å². The highest BCUT2D eigenvalue weighted by Crippen LogP contribution is 2.49. The molecule has 0 aliphatic carbocycles. The molecule has 0 aliphatic heterocycles. The van der Waals surface area contributed by atoms with Crippen LogP contribution in [-0.2, 0) is 23.1 Å². The molecule has 0 spiro atoms. The minimum Gasteiger partial charge on any atom is -0.466 e. The molecule has 90 valence electrons. The number of rotatable bonds is 7. The van der Waals surface area contributed by atoms with Crippen molar-refractivity contribution >= 4 is 13.6 Å². The molecule has 0 aliphatic rings. The Kier molecular flexibility index (Phi) is 6.81. The van der Waals surface area contributed by atoms with E-state index in [1.54, 1.807) is 27.7 Å². The first-order valence-corrected chi connectivity index (χ1v) is 6.74. The van der Waals surface area contributed by atoms with Gasteiger partial charge in [0.25, 0.3) is 0 Å². The average molecular weight is 238 g/mol. The van der Waals surface area contributed by atoms with Crippen molar-refractivity contribution in [3.8, 4) is 0 Å². The Bertz CT molecular complexity index is 239. The van der Waals surface area contributed by atoms with Gasteiger partial charge in [-0.05, 0) is 27.7 Å². The van der Waals surface area contributed by atoms with Gasteiger partial charge in [-0.25, -0.2) is 0 Å². The summed E-state index contributed by atoms with van der Waals surface area (Å²) in [5, 5.41) is 0. The van der Waals surface area contributed by atoms with Gasteiger partial charge in [-0.15, -0.1) is 0 Å². The highest BCUT2D eigenvalue weighted by Gasteiger charge is 2.29. The Morgan fingerprint density at radius 1 is 1.27 bits per heavy atom. The van der Waals surface area contributed by atoms with Gasteiger partial charge in [-0.3, -0.25) is 9.36 Å². The van der Waals surface area contributed by atoms with Crippen LogP contribution in [0.5, 0.6) is 0 Å². The van der Waals surface area contributed by atoms with Crippen LogP contribution in [-0.4, -0.2) is 31.4 Å². The monoisotopic (exact) mass is 238 g/mol. The van der Waals surface area contributed by atoms with Crippen molar-refractivity contribution in [1.82, 2.24) is 0 Å². The lowest BCUT2D eigenvalue weighted by Crippen LogP contribution is -2.15. The van der Waals surface area contributed by atoms with Crippen molar-refractivity contribution in [1.29, 1.82) is 0 Å². The lowest BCUT2D eigenvalue weighted by atomic mass is 10.5. The zero-order chi connectivity index (χ0) is 11.9. The van der Waals surface area contributed by atoms with E-state index in [2.05, 4.69) is 0 Å². The van der Waals surface area contributed by atoms with Gasteiger partial charge in [0.15, 0.2) is 0 Å². The maximum Gasteiger partial charge on any atom is 0.342 e. The summed E-state index contributed by atoms with van der Waals surface area (Å²) in [7, 11) is -3.34. The molecule has 0 rings (SSSR count). The number of hydrogen-bond acceptors (Lipinski definition) is 5. The molecule has 0 aromatic rings. The molecule has 0 aromatic carbocycles. The standard InChI is InChI=1S/C9H19O5P/c1-5-12-9(10)7-15(11,13-6-2)14-8(3)4/h8H,5-7H2,1-4H3. The number of carbonyl (C=O) groups excluding carboxylic acids is 1. The second kappa shape index (κ2) is 6.99. The summed E-state index contributed by atoms with van der Waals surface area (Å²) in [5.41, 5.74) is 0. The van der Waals surface area contributed by atoms with E-state index in [0.717, 1.165) is 0 Å². The molecule has 0 N–H and O–H groups in total. The van der Waals surface area contributed by atoms with Crippen molar-refractivity contribution < 1.29 is 23.1 Å². The van der Waals surface area contributed by atoms with Gasteiger partial charge < -0.3 is 13.8 Å². The molecule has 1 unspecified atom stereocenters. The number of ether oxygens (including phenoxy) is 1. The normalized spacial score (nSPS) is 15.0. The molecule has 0 bridgehead atoms. The molecule has 0 saturated carbocycles. The van der Waals surface area contributed by atoms with Crippen LogP contribution in [0, 0.1) is 0 Å². The fourth-order valence-corrected chi connectivity index (χ4v) is 2.67. The molecule has 0 amide bonds. The van der Waals surface area contributed by atoms with Gasteiger partial charge in [0.2, 0.25) is 0 Å². The van der Waals surface area contributed by atoms with E-state index in [0.29, 0.717) is 0 Å². The molecule has 0 aromatic heterocycles. The summed E-state index contributed by atoms with van der Waals surface area (Å²) in [6.45, 7) is 7.35. The Labute approximate surface area is 90.6 Å². The molecule has 0 saturated heterocycles. The summed E-state index contributed by atoms with van der Waals surface area (Å²) in [5.74, 6) is -0.560. The molecule has 15 heavy (non-hydrogen) atoms. The SMILES string of the molecule is CCOC(=O)CP(=O)(OCC)OC(C)C. The van der Waals surface area contributed by atoms with Crippen molar-refractivity contribution in [3.05, 3.63) is 0 Å². The molecule has 0 fully saturated rings. The second-order valence-corrected chi connectivity index (χ2v) is 5.15. The van der Waals surface area contributed by atoms with Crippen molar-refractivity contribution in [2.45, 2.75) is 33.8 Å². The summed E-state index contributed by atoms with van der Waals surface area (Å²) in [4.78, 5) is 11.2. The van der Waals surface area contributed by atoms with E-state index in [-0.39, 0.29) is 25.5 Å². The second-order valence-electron chi connectivity index (χ2n) is 3.15. The first kappa shape index (κ1) is 14.6. The van der Waals surface area contributed by atoms with Gasteiger partial charge in [0.1, 0.15) is 6.16 Å². The Morgan fingerprint density at radius 3 is 2.27 bits per heavy atom. The number of hydrogen-bond donors (Lipinski definition) is 0. The summed E-state index contributed by atoms with van der Waals surface area (Å²) >= 11 is 0. The van der Waals surface area contributed by atoms with Crippen molar-refractivity contribution in [3.63, 3.8) is 0 Å². The fourth-order valence-electron chi connectivity index (χ4n) is 0.996. The molecular weight excluding hydrogens is 219 g/mol. The predicted octanol–water partition coefficient (Wildman–Crippen LogP) is 2.20. The molecule has 5 nitrogen and oxygen atoms in total. The van der Waals surface area contributed by atoms with Crippen molar-refractivity contribution in [2.75, 3.05) is 19.4 Å². The van der Waals surface area contributed by atoms with Crippen LogP contribution in [0.3, 0.4) is 0 Å². The van der Waals surface area contributed by atoms with Gasteiger partial charge >= 0.3 is 13.6 Å². The maximum atomic E-state index is 12.0. The first-order chi connectivity index (χ1) is 6.93. The number of carbonyl (C=O) groups is 1. The van der Waals surface area contributed by atoms with E-state index >= 15 is 0 Å². The maximum absolute atomic E-state index is 12.0. The smallest absolute Gasteiger partial charge is 0.342 e. The van der Waals surface area contributed by atoms with Gasteiger partial charge in [0.05, 0.1) is 19.3 Å². The lowest BCUT2D eigenvalue weighted by molar-refractivity contribution is -0.140. The van der Waals surface area contributed by atoms with Crippen LogP contribution in [0.2, 0.25) is 0 Å². The Balaban J connectivity index is 4.37. The molecular formula is C9H19O5P. The largest absolute Gasteiger partial charge is 0.466 e. The highest BCUT2D eigenvalue weighted by molar-refractivity contribution is 7.54. The zero-order valence-corrected chi connectivity index (χ0v) is 10.6. The van der Waals surface area contributed by atoms with Crippen LogP contribution in [0.1, 0.15) is 27.7 Å². The van der Waals surface area contributed by atoms with E-state index in [1.807, 2.05) is 0 Å². The molecule has 0 radical (unpaired) electrons. The summed E-state index contributed by atoms with van der Waals surface area (Å²) in [6.07, 6.45) is -0.579. The summed E-state index contributed by atoms with van der Waals surface area (Å²) in [6, 6.07) is 0. The van der Waals surface area contributed by atoms with Crippen LogP contribution >= 0.6 is 7.60 Å². The minimum absolute atomic E-state index is 0.239. The van der Waals surface area contributed by atoms with Gasteiger partial charge in [-0.1, -0.05) is 0 Å². The van der Waals surface area contributed by atoms with E-state index in [4.69, 9.17) is 13.8 Å². The fraction of sp³-hybridized carbons (Fsp3) is 0.889. The minimum atomic E-state index is -3.34. The van der Waals surface area contributed by atoms with E-state index in [9.17, 15) is 9.36 Å². The predicted molar refractivity (Wildman–Crippen MR) is 57.0 cm³/mol. The average Bonchev–Trinajstić information content (AvgIpc) is 2.01. The Morgan fingerprint density at radius 2 is 1.87 bits per heavy atom. The summed E-state index contributed by atoms with van der Waals surface area (Å²) < 4.78 is 26.8. The van der Waals surface area contributed by atoms with Crippen LogP contribution in [0.4, 0.5) is 0 Å². The van der Waals surface area contributed by atoms with E-state index in [1.165, 1.54) is 0 Å². The highest BCUT2D eigenvalue weighted by atomic mass is 31.2. The third-order valence-corrected chi connectivity index (χ3v) is 3.37. The van der Waals surface area contributed by atoms with Crippen LogP contribution in [0.25, 0.3) is 0 Å². The van der Waals surface area contributed by atoms with Crippen LogP contribution < -0.4 is 0 Å². The van der Waals surface area contributed by atoms with E-state index < -0.39 is 13.6 Å². The molecule has 6 heteroatoms. The first-order valence-electron chi connectivity index (χ1n) is 5.01. The van der Waals surface area contributed by atoms with Crippen molar-refractivity contribution in [2.24, 2.45) is 0 Å². The zero-order valence-electron chi connectivity index (χ0n) is 9.69.